The van der Waals surface area contributed by atoms with Crippen molar-refractivity contribution >= 4 is 16.9 Å². The number of aliphatic hydroxyl groups is 1. The van der Waals surface area contributed by atoms with Crippen molar-refractivity contribution in [1.29, 1.82) is 0 Å². The predicted molar refractivity (Wildman–Crippen MR) is 62.2 cm³/mol. The molecule has 4 nitrogen and oxygen atoms in total. The van der Waals surface area contributed by atoms with E-state index in [1.165, 1.54) is 0 Å². The van der Waals surface area contributed by atoms with Crippen LogP contribution in [0, 0.1) is 0 Å². The number of aliphatic hydroxyl groups excluding tert-OH is 1. The van der Waals surface area contributed by atoms with Crippen LogP contribution in [0.2, 0.25) is 0 Å². The fourth-order valence-corrected chi connectivity index (χ4v) is 1.94. The van der Waals surface area contributed by atoms with Crippen molar-refractivity contribution in [3.8, 4) is 0 Å². The molecule has 3 rings (SSSR count). The molecule has 1 aromatic heterocycles. The van der Waals surface area contributed by atoms with E-state index in [-0.39, 0.29) is 6.10 Å². The Morgan fingerprint density at radius 1 is 1.19 bits per heavy atom. The van der Waals surface area contributed by atoms with E-state index in [0.29, 0.717) is 6.04 Å². The minimum Gasteiger partial charge on any atom is -0.393 e. The van der Waals surface area contributed by atoms with Crippen molar-refractivity contribution in [2.24, 2.45) is 0 Å². The Hall–Kier alpha value is -1.68. The monoisotopic (exact) mass is 215 g/mol. The van der Waals surface area contributed by atoms with E-state index in [1.807, 2.05) is 24.3 Å². The number of hydrogen-bond donors (Lipinski definition) is 2. The lowest BCUT2D eigenvalue weighted by Gasteiger charge is -2.32. The predicted octanol–water partition coefficient (Wildman–Crippen LogP) is 1.56. The zero-order valence-electron chi connectivity index (χ0n) is 8.80. The van der Waals surface area contributed by atoms with E-state index in [1.54, 1.807) is 6.20 Å². The van der Waals surface area contributed by atoms with Crippen LogP contribution >= 0.6 is 0 Å². The van der Waals surface area contributed by atoms with Gasteiger partial charge in [0.15, 0.2) is 0 Å². The van der Waals surface area contributed by atoms with E-state index < -0.39 is 0 Å². The fraction of sp³-hybridized carbons (Fsp3) is 0.333. The summed E-state index contributed by atoms with van der Waals surface area (Å²) in [5.74, 6) is 0.788. The lowest BCUT2D eigenvalue weighted by atomic mass is 9.90. The third-order valence-corrected chi connectivity index (χ3v) is 2.91. The SMILES string of the molecule is OC1CC(Nc2cnc3ccccc3n2)C1. The van der Waals surface area contributed by atoms with E-state index in [9.17, 15) is 5.11 Å². The molecular weight excluding hydrogens is 202 g/mol. The standard InChI is InChI=1S/C12H13N3O/c16-9-5-8(6-9)14-12-7-13-10-3-1-2-4-11(10)15-12/h1-4,7-9,16H,5-6H2,(H,14,15). The Balaban J connectivity index is 1.82. The van der Waals surface area contributed by atoms with Crippen LogP contribution < -0.4 is 5.32 Å². The first kappa shape index (κ1) is 9.54. The molecule has 1 aliphatic carbocycles. The smallest absolute Gasteiger partial charge is 0.145 e. The average Bonchev–Trinajstić information content (AvgIpc) is 2.27. The van der Waals surface area contributed by atoms with Crippen LogP contribution in [0.3, 0.4) is 0 Å². The molecule has 1 fully saturated rings. The number of anilines is 1. The van der Waals surface area contributed by atoms with Gasteiger partial charge in [-0.25, -0.2) is 4.98 Å². The van der Waals surface area contributed by atoms with Crippen LogP contribution in [0.4, 0.5) is 5.82 Å². The highest BCUT2D eigenvalue weighted by atomic mass is 16.3. The van der Waals surface area contributed by atoms with Crippen molar-refractivity contribution in [2.45, 2.75) is 25.0 Å². The molecule has 0 amide bonds. The maximum absolute atomic E-state index is 9.19. The van der Waals surface area contributed by atoms with E-state index >= 15 is 0 Å². The molecule has 0 spiro atoms. The Labute approximate surface area is 93.4 Å². The molecular formula is C12H13N3O. The second-order valence-corrected chi connectivity index (χ2v) is 4.21. The van der Waals surface area contributed by atoms with Gasteiger partial charge in [-0.2, -0.15) is 0 Å². The van der Waals surface area contributed by atoms with Gasteiger partial charge in [-0.05, 0) is 25.0 Å². The molecule has 82 valence electrons. The highest BCUT2D eigenvalue weighted by Crippen LogP contribution is 2.23. The molecule has 0 aliphatic heterocycles. The highest BCUT2D eigenvalue weighted by molar-refractivity contribution is 5.75. The van der Waals surface area contributed by atoms with Crippen LogP contribution in [0.1, 0.15) is 12.8 Å². The number of fused-ring (bicyclic) bond motifs is 1. The summed E-state index contributed by atoms with van der Waals surface area (Å²) in [6, 6.07) is 8.13. The van der Waals surface area contributed by atoms with Gasteiger partial charge >= 0.3 is 0 Å². The molecule has 1 aromatic carbocycles. The number of rotatable bonds is 2. The van der Waals surface area contributed by atoms with E-state index in [4.69, 9.17) is 0 Å². The second-order valence-electron chi connectivity index (χ2n) is 4.21. The lowest BCUT2D eigenvalue weighted by molar-refractivity contribution is 0.0835. The Morgan fingerprint density at radius 3 is 2.69 bits per heavy atom. The second kappa shape index (κ2) is 3.72. The summed E-state index contributed by atoms with van der Waals surface area (Å²) < 4.78 is 0. The number of benzene rings is 1. The molecule has 0 bridgehead atoms. The molecule has 1 heterocycles. The van der Waals surface area contributed by atoms with Crippen molar-refractivity contribution in [3.63, 3.8) is 0 Å². The largest absolute Gasteiger partial charge is 0.393 e. The van der Waals surface area contributed by atoms with Crippen LogP contribution in [0.5, 0.6) is 0 Å². The minimum absolute atomic E-state index is 0.147. The zero-order chi connectivity index (χ0) is 11.0. The van der Waals surface area contributed by atoms with Crippen molar-refractivity contribution < 1.29 is 5.11 Å². The number of aromatic nitrogens is 2. The molecule has 0 atom stereocenters. The number of nitrogens with zero attached hydrogens (tertiary/aromatic N) is 2. The maximum atomic E-state index is 9.19. The van der Waals surface area contributed by atoms with Gasteiger partial charge < -0.3 is 10.4 Å². The maximum Gasteiger partial charge on any atom is 0.145 e. The van der Waals surface area contributed by atoms with Crippen molar-refractivity contribution in [3.05, 3.63) is 30.5 Å². The molecule has 0 unspecified atom stereocenters. The third kappa shape index (κ3) is 1.72. The van der Waals surface area contributed by atoms with Gasteiger partial charge in [0.05, 0.1) is 23.3 Å². The van der Waals surface area contributed by atoms with Gasteiger partial charge in [0, 0.05) is 6.04 Å². The molecule has 1 aliphatic rings. The van der Waals surface area contributed by atoms with Crippen LogP contribution in [-0.4, -0.2) is 27.2 Å². The van der Waals surface area contributed by atoms with Crippen molar-refractivity contribution in [2.75, 3.05) is 5.32 Å². The minimum atomic E-state index is -0.147. The Morgan fingerprint density at radius 2 is 1.94 bits per heavy atom. The highest BCUT2D eigenvalue weighted by Gasteiger charge is 2.27. The number of hydrogen-bond acceptors (Lipinski definition) is 4. The molecule has 2 N–H and O–H groups in total. The summed E-state index contributed by atoms with van der Waals surface area (Å²) in [4.78, 5) is 8.79. The van der Waals surface area contributed by atoms with Gasteiger partial charge in [0.25, 0.3) is 0 Å². The first-order valence-corrected chi connectivity index (χ1v) is 5.47. The normalized spacial score (nSPS) is 24.1. The molecule has 16 heavy (non-hydrogen) atoms. The molecule has 1 saturated carbocycles. The van der Waals surface area contributed by atoms with E-state index in [0.717, 1.165) is 29.7 Å². The topological polar surface area (TPSA) is 58.0 Å². The van der Waals surface area contributed by atoms with Gasteiger partial charge in [-0.15, -0.1) is 0 Å². The van der Waals surface area contributed by atoms with Gasteiger partial charge in [-0.1, -0.05) is 12.1 Å². The van der Waals surface area contributed by atoms with Crippen LogP contribution in [0.25, 0.3) is 11.0 Å². The first-order chi connectivity index (χ1) is 7.81. The van der Waals surface area contributed by atoms with E-state index in [2.05, 4.69) is 15.3 Å². The Bertz CT molecular complexity index is 508. The Kier molecular flexibility index (Phi) is 2.22. The number of nitrogens with one attached hydrogen (secondary N) is 1. The summed E-state index contributed by atoms with van der Waals surface area (Å²) in [5, 5.41) is 12.5. The first-order valence-electron chi connectivity index (χ1n) is 5.47. The van der Waals surface area contributed by atoms with Crippen LogP contribution in [0.15, 0.2) is 30.5 Å². The number of para-hydroxylation sites is 2. The van der Waals surface area contributed by atoms with Gasteiger partial charge in [-0.3, -0.25) is 4.98 Å². The zero-order valence-corrected chi connectivity index (χ0v) is 8.80. The van der Waals surface area contributed by atoms with Crippen molar-refractivity contribution in [1.82, 2.24) is 9.97 Å². The average molecular weight is 215 g/mol. The lowest BCUT2D eigenvalue weighted by Crippen LogP contribution is -2.39. The quantitative estimate of drug-likeness (QED) is 0.798. The van der Waals surface area contributed by atoms with Gasteiger partial charge in [0.2, 0.25) is 0 Å². The fourth-order valence-electron chi connectivity index (χ4n) is 1.94. The molecule has 0 radical (unpaired) electrons. The summed E-state index contributed by atoms with van der Waals surface area (Å²) in [5.41, 5.74) is 1.80. The molecule has 2 aromatic rings. The summed E-state index contributed by atoms with van der Waals surface area (Å²) >= 11 is 0. The third-order valence-electron chi connectivity index (χ3n) is 2.91. The molecule has 0 saturated heterocycles. The summed E-state index contributed by atoms with van der Waals surface area (Å²) in [7, 11) is 0. The summed E-state index contributed by atoms with van der Waals surface area (Å²) in [6.07, 6.45) is 3.20. The summed E-state index contributed by atoms with van der Waals surface area (Å²) in [6.45, 7) is 0. The molecule has 4 heteroatoms. The van der Waals surface area contributed by atoms with Crippen LogP contribution in [-0.2, 0) is 0 Å². The van der Waals surface area contributed by atoms with Gasteiger partial charge in [0.1, 0.15) is 5.82 Å².